The van der Waals surface area contributed by atoms with Crippen molar-refractivity contribution in [2.75, 3.05) is 18.5 Å². The van der Waals surface area contributed by atoms with E-state index in [1.54, 1.807) is 28.9 Å². The molecule has 1 heterocycles. The number of benzene rings is 2. The summed E-state index contributed by atoms with van der Waals surface area (Å²) in [4.78, 5) is 24.6. The predicted molar refractivity (Wildman–Crippen MR) is 119 cm³/mol. The molecule has 7 heteroatoms. The van der Waals surface area contributed by atoms with Crippen LogP contribution in [0.15, 0.2) is 54.6 Å². The van der Waals surface area contributed by atoms with Gasteiger partial charge in [0.25, 0.3) is 5.91 Å². The SMILES string of the molecule is Cc1nn(-c2ccccc2)c(C)c1NC(=O)COC(=O)c1ccc(OCC(C)C)cc1. The van der Waals surface area contributed by atoms with Gasteiger partial charge in [-0.2, -0.15) is 5.10 Å². The molecule has 0 aliphatic heterocycles. The molecule has 31 heavy (non-hydrogen) atoms. The maximum atomic E-state index is 12.4. The number of hydrogen-bond donors (Lipinski definition) is 1. The molecule has 162 valence electrons. The van der Waals surface area contributed by atoms with E-state index in [9.17, 15) is 9.59 Å². The monoisotopic (exact) mass is 421 g/mol. The molecule has 0 spiro atoms. The number of nitrogens with one attached hydrogen (secondary N) is 1. The van der Waals surface area contributed by atoms with Crippen LogP contribution in [0, 0.1) is 19.8 Å². The van der Waals surface area contributed by atoms with E-state index < -0.39 is 11.9 Å². The summed E-state index contributed by atoms with van der Waals surface area (Å²) in [6, 6.07) is 16.3. The zero-order valence-electron chi connectivity index (χ0n) is 18.2. The minimum atomic E-state index is -0.570. The van der Waals surface area contributed by atoms with Crippen molar-refractivity contribution in [2.24, 2.45) is 5.92 Å². The molecule has 1 aromatic heterocycles. The van der Waals surface area contributed by atoms with Crippen LogP contribution in [0.5, 0.6) is 5.75 Å². The van der Waals surface area contributed by atoms with Gasteiger partial charge in [-0.1, -0.05) is 32.0 Å². The first-order valence-electron chi connectivity index (χ1n) is 10.2. The van der Waals surface area contributed by atoms with Crippen molar-refractivity contribution in [3.8, 4) is 11.4 Å². The molecule has 1 N–H and O–H groups in total. The number of carbonyl (C=O) groups excluding carboxylic acids is 2. The zero-order valence-corrected chi connectivity index (χ0v) is 18.2. The van der Waals surface area contributed by atoms with Crippen LogP contribution in [0.4, 0.5) is 5.69 Å². The van der Waals surface area contributed by atoms with Crippen LogP contribution >= 0.6 is 0 Å². The molecule has 0 saturated heterocycles. The first kappa shape index (κ1) is 22.1. The van der Waals surface area contributed by atoms with E-state index in [1.165, 1.54) is 0 Å². The van der Waals surface area contributed by atoms with E-state index in [0.717, 1.165) is 11.4 Å². The third-order valence-corrected chi connectivity index (χ3v) is 4.56. The van der Waals surface area contributed by atoms with Crippen molar-refractivity contribution in [1.29, 1.82) is 0 Å². The molecule has 0 fully saturated rings. The number of para-hydroxylation sites is 1. The van der Waals surface area contributed by atoms with E-state index in [1.807, 2.05) is 44.2 Å². The number of aromatic nitrogens is 2. The fraction of sp³-hybridized carbons (Fsp3) is 0.292. The topological polar surface area (TPSA) is 82.5 Å². The van der Waals surface area contributed by atoms with Gasteiger partial charge in [0.05, 0.1) is 34.9 Å². The molecule has 2 aromatic carbocycles. The first-order valence-corrected chi connectivity index (χ1v) is 10.2. The summed E-state index contributed by atoms with van der Waals surface area (Å²) in [6.07, 6.45) is 0. The fourth-order valence-electron chi connectivity index (χ4n) is 2.98. The second kappa shape index (κ2) is 9.93. The summed E-state index contributed by atoms with van der Waals surface area (Å²) in [5.74, 6) is 0.0997. The predicted octanol–water partition coefficient (Wildman–Crippen LogP) is 4.32. The van der Waals surface area contributed by atoms with Crippen LogP contribution in [0.3, 0.4) is 0 Å². The maximum absolute atomic E-state index is 12.4. The van der Waals surface area contributed by atoms with Gasteiger partial charge in [0, 0.05) is 0 Å². The van der Waals surface area contributed by atoms with Crippen molar-refractivity contribution >= 4 is 17.6 Å². The van der Waals surface area contributed by atoms with Crippen molar-refractivity contribution in [2.45, 2.75) is 27.7 Å². The van der Waals surface area contributed by atoms with Gasteiger partial charge in [-0.05, 0) is 56.2 Å². The first-order chi connectivity index (χ1) is 14.8. The highest BCUT2D eigenvalue weighted by Crippen LogP contribution is 2.22. The van der Waals surface area contributed by atoms with Crippen molar-refractivity contribution in [3.05, 3.63) is 71.5 Å². The zero-order chi connectivity index (χ0) is 22.4. The number of nitrogens with zero attached hydrogens (tertiary/aromatic N) is 2. The summed E-state index contributed by atoms with van der Waals surface area (Å²) < 4.78 is 12.5. The van der Waals surface area contributed by atoms with E-state index in [4.69, 9.17) is 9.47 Å². The molecular formula is C24H27N3O4. The van der Waals surface area contributed by atoms with Crippen LogP contribution in [-0.4, -0.2) is 34.9 Å². The number of ether oxygens (including phenoxy) is 2. The van der Waals surface area contributed by atoms with Gasteiger partial charge >= 0.3 is 5.97 Å². The minimum Gasteiger partial charge on any atom is -0.493 e. The highest BCUT2D eigenvalue weighted by Gasteiger charge is 2.17. The Balaban J connectivity index is 1.57. The quantitative estimate of drug-likeness (QED) is 0.548. The number of aryl methyl sites for hydroxylation is 1. The number of hydrogen-bond acceptors (Lipinski definition) is 5. The van der Waals surface area contributed by atoms with Crippen LogP contribution in [0.2, 0.25) is 0 Å². The summed E-state index contributed by atoms with van der Waals surface area (Å²) in [7, 11) is 0. The summed E-state index contributed by atoms with van der Waals surface area (Å²) in [5, 5.41) is 7.29. The van der Waals surface area contributed by atoms with Gasteiger partial charge in [0.2, 0.25) is 0 Å². The standard InChI is InChI=1S/C24H27N3O4/c1-16(2)14-30-21-12-10-19(11-13-21)24(29)31-15-22(28)25-23-17(3)26-27(18(23)4)20-8-6-5-7-9-20/h5-13,16H,14-15H2,1-4H3,(H,25,28). The second-order valence-electron chi connectivity index (χ2n) is 7.65. The molecule has 0 aliphatic rings. The normalized spacial score (nSPS) is 10.7. The van der Waals surface area contributed by atoms with E-state index in [0.29, 0.717) is 35.2 Å². The summed E-state index contributed by atoms with van der Waals surface area (Å²) in [5.41, 5.74) is 3.33. The molecule has 3 aromatic rings. The molecule has 0 aliphatic carbocycles. The van der Waals surface area contributed by atoms with E-state index in [-0.39, 0.29) is 6.61 Å². The Labute approximate surface area is 182 Å². The average Bonchev–Trinajstić information content (AvgIpc) is 3.05. The van der Waals surface area contributed by atoms with Crippen LogP contribution in [-0.2, 0) is 9.53 Å². The molecular weight excluding hydrogens is 394 g/mol. The molecule has 0 atom stereocenters. The Hall–Kier alpha value is -3.61. The lowest BCUT2D eigenvalue weighted by molar-refractivity contribution is -0.119. The third-order valence-electron chi connectivity index (χ3n) is 4.56. The minimum absolute atomic E-state index is 0.356. The van der Waals surface area contributed by atoms with E-state index >= 15 is 0 Å². The van der Waals surface area contributed by atoms with E-state index in [2.05, 4.69) is 24.3 Å². The number of esters is 1. The Kier molecular flexibility index (Phi) is 7.07. The molecule has 7 nitrogen and oxygen atoms in total. The number of amides is 1. The van der Waals surface area contributed by atoms with Crippen LogP contribution < -0.4 is 10.1 Å². The van der Waals surface area contributed by atoms with Crippen LogP contribution in [0.25, 0.3) is 5.69 Å². The lowest BCUT2D eigenvalue weighted by Crippen LogP contribution is -2.21. The van der Waals surface area contributed by atoms with Crippen molar-refractivity contribution < 1.29 is 19.1 Å². The number of rotatable bonds is 8. The number of anilines is 1. The largest absolute Gasteiger partial charge is 0.493 e. The maximum Gasteiger partial charge on any atom is 0.338 e. The van der Waals surface area contributed by atoms with Gasteiger partial charge in [0.15, 0.2) is 6.61 Å². The van der Waals surface area contributed by atoms with Crippen molar-refractivity contribution in [3.63, 3.8) is 0 Å². The lowest BCUT2D eigenvalue weighted by atomic mass is 10.2. The molecule has 0 radical (unpaired) electrons. The fourth-order valence-corrected chi connectivity index (χ4v) is 2.98. The van der Waals surface area contributed by atoms with Gasteiger partial charge in [0.1, 0.15) is 5.75 Å². The van der Waals surface area contributed by atoms with Gasteiger partial charge in [-0.15, -0.1) is 0 Å². The number of carbonyl (C=O) groups is 2. The Morgan fingerprint density at radius 3 is 2.35 bits per heavy atom. The van der Waals surface area contributed by atoms with Gasteiger partial charge in [-0.25, -0.2) is 9.48 Å². The summed E-state index contributed by atoms with van der Waals surface area (Å²) >= 11 is 0. The Bertz CT molecular complexity index is 1040. The smallest absolute Gasteiger partial charge is 0.338 e. The molecule has 0 unspecified atom stereocenters. The molecule has 0 saturated carbocycles. The molecule has 0 bridgehead atoms. The molecule has 1 amide bonds. The Morgan fingerprint density at radius 1 is 1.03 bits per heavy atom. The highest BCUT2D eigenvalue weighted by molar-refractivity contribution is 5.96. The van der Waals surface area contributed by atoms with Crippen molar-refractivity contribution in [1.82, 2.24) is 9.78 Å². The Morgan fingerprint density at radius 2 is 1.71 bits per heavy atom. The molecule has 3 rings (SSSR count). The second-order valence-corrected chi connectivity index (χ2v) is 7.65. The highest BCUT2D eigenvalue weighted by atomic mass is 16.5. The average molecular weight is 421 g/mol. The lowest BCUT2D eigenvalue weighted by Gasteiger charge is -2.10. The third kappa shape index (κ3) is 5.72. The van der Waals surface area contributed by atoms with Crippen LogP contribution in [0.1, 0.15) is 35.6 Å². The van der Waals surface area contributed by atoms with Gasteiger partial charge in [-0.3, -0.25) is 4.79 Å². The van der Waals surface area contributed by atoms with Gasteiger partial charge < -0.3 is 14.8 Å². The summed E-state index contributed by atoms with van der Waals surface area (Å²) in [6.45, 7) is 8.02.